The van der Waals surface area contributed by atoms with Crippen molar-refractivity contribution in [2.75, 3.05) is 18.4 Å². The molecule has 1 aromatic heterocycles. The highest BCUT2D eigenvalue weighted by Crippen LogP contribution is 2.27. The molecule has 3 unspecified atom stereocenters. The second-order valence-electron chi connectivity index (χ2n) is 6.49. The van der Waals surface area contributed by atoms with E-state index in [-0.39, 0.29) is 24.2 Å². The van der Waals surface area contributed by atoms with E-state index in [0.717, 1.165) is 5.56 Å². The number of anilines is 1. The molecule has 6 nitrogen and oxygen atoms in total. The van der Waals surface area contributed by atoms with Gasteiger partial charge in [-0.15, -0.1) is 11.3 Å². The number of nitrogens with two attached hydrogens (primary N) is 1. The van der Waals surface area contributed by atoms with Gasteiger partial charge in [0.25, 0.3) is 5.91 Å². The number of ether oxygens (including phenoxy) is 1. The van der Waals surface area contributed by atoms with Crippen LogP contribution in [0.1, 0.15) is 35.9 Å². The second-order valence-corrected chi connectivity index (χ2v) is 7.41. The number of benzene rings is 1. The smallest absolute Gasteiger partial charge is 0.251 e. The van der Waals surface area contributed by atoms with Gasteiger partial charge in [0, 0.05) is 13.1 Å². The van der Waals surface area contributed by atoms with Gasteiger partial charge in [-0.3, -0.25) is 14.5 Å². The van der Waals surface area contributed by atoms with Crippen LogP contribution in [0.5, 0.6) is 0 Å². The first-order valence-corrected chi connectivity index (χ1v) is 9.46. The molecule has 1 saturated heterocycles. The summed E-state index contributed by atoms with van der Waals surface area (Å²) in [5.74, 6) is -0.700. The molecule has 3 rings (SSSR count). The van der Waals surface area contributed by atoms with Crippen LogP contribution >= 0.6 is 11.3 Å². The van der Waals surface area contributed by atoms with E-state index in [1.54, 1.807) is 11.4 Å². The maximum Gasteiger partial charge on any atom is 0.251 e. The van der Waals surface area contributed by atoms with Gasteiger partial charge >= 0.3 is 0 Å². The lowest BCUT2D eigenvalue weighted by Gasteiger charge is -2.39. The number of primary amides is 1. The van der Waals surface area contributed by atoms with Gasteiger partial charge in [0.05, 0.1) is 23.8 Å². The average molecular weight is 373 g/mol. The van der Waals surface area contributed by atoms with Crippen molar-refractivity contribution in [2.24, 2.45) is 5.73 Å². The Morgan fingerprint density at radius 2 is 2.00 bits per heavy atom. The lowest BCUT2D eigenvalue weighted by atomic mass is 10.1. The van der Waals surface area contributed by atoms with Crippen molar-refractivity contribution in [3.05, 3.63) is 52.9 Å². The maximum absolute atomic E-state index is 12.7. The van der Waals surface area contributed by atoms with Crippen molar-refractivity contribution in [1.82, 2.24) is 4.90 Å². The van der Waals surface area contributed by atoms with Gasteiger partial charge in [-0.2, -0.15) is 0 Å². The molecule has 1 aromatic carbocycles. The maximum atomic E-state index is 12.7. The Hall–Kier alpha value is -2.22. The van der Waals surface area contributed by atoms with Crippen molar-refractivity contribution in [3.8, 4) is 0 Å². The number of thiophene rings is 1. The topological polar surface area (TPSA) is 84.7 Å². The van der Waals surface area contributed by atoms with Crippen molar-refractivity contribution in [2.45, 2.75) is 32.1 Å². The summed E-state index contributed by atoms with van der Waals surface area (Å²) in [6.07, 6.45) is -0.0507. The molecule has 26 heavy (non-hydrogen) atoms. The van der Waals surface area contributed by atoms with Crippen LogP contribution in [0.3, 0.4) is 0 Å². The highest BCUT2D eigenvalue weighted by molar-refractivity contribution is 7.14. The molecule has 1 fully saturated rings. The largest absolute Gasteiger partial charge is 0.368 e. The zero-order valence-corrected chi connectivity index (χ0v) is 15.7. The third kappa shape index (κ3) is 4.12. The zero-order valence-electron chi connectivity index (χ0n) is 14.8. The molecule has 0 bridgehead atoms. The number of nitrogens with zero attached hydrogens (tertiary/aromatic N) is 1. The Labute approximate surface area is 156 Å². The number of rotatable bonds is 5. The molecular weight excluding hydrogens is 350 g/mol. The standard InChI is InChI=1S/C19H23N3O3S/c1-12-10-22(11-16(25-12)14-6-4-3-5-7-14)13(2)18(24)21-19-15(17(20)23)8-9-26-19/h3-9,12-13,16H,10-11H2,1-2H3,(H2,20,23)(H,21,24). The van der Waals surface area contributed by atoms with E-state index in [1.807, 2.05) is 44.2 Å². The van der Waals surface area contributed by atoms with Gasteiger partial charge in [0.15, 0.2) is 0 Å². The van der Waals surface area contributed by atoms with Crippen LogP contribution in [0.4, 0.5) is 5.00 Å². The molecule has 0 aliphatic carbocycles. The fourth-order valence-electron chi connectivity index (χ4n) is 3.13. The minimum Gasteiger partial charge on any atom is -0.368 e. The van der Waals surface area contributed by atoms with Crippen LogP contribution in [-0.4, -0.2) is 41.9 Å². The molecule has 3 atom stereocenters. The van der Waals surface area contributed by atoms with Gasteiger partial charge in [0.2, 0.25) is 5.91 Å². The number of hydrogen-bond acceptors (Lipinski definition) is 5. The first kappa shape index (κ1) is 18.6. The fraction of sp³-hybridized carbons (Fsp3) is 0.368. The molecule has 2 heterocycles. The molecule has 2 amide bonds. The summed E-state index contributed by atoms with van der Waals surface area (Å²) < 4.78 is 6.06. The Bertz CT molecular complexity index is 777. The second kappa shape index (κ2) is 7.99. The summed E-state index contributed by atoms with van der Waals surface area (Å²) in [7, 11) is 0. The van der Waals surface area contributed by atoms with Gasteiger partial charge in [0.1, 0.15) is 5.00 Å². The SMILES string of the molecule is CC1CN(C(C)C(=O)Nc2sccc2C(N)=O)CC(c2ccccc2)O1. The van der Waals surface area contributed by atoms with Gasteiger partial charge in [-0.25, -0.2) is 0 Å². The van der Waals surface area contributed by atoms with E-state index < -0.39 is 5.91 Å². The molecule has 3 N–H and O–H groups in total. The van der Waals surface area contributed by atoms with Gasteiger partial charge in [-0.1, -0.05) is 30.3 Å². The molecule has 7 heteroatoms. The Balaban J connectivity index is 1.69. The highest BCUT2D eigenvalue weighted by Gasteiger charge is 2.32. The minimum atomic E-state index is -0.543. The van der Waals surface area contributed by atoms with Crippen LogP contribution in [-0.2, 0) is 9.53 Å². The van der Waals surface area contributed by atoms with Crippen LogP contribution in [0.15, 0.2) is 41.8 Å². The normalized spacial score (nSPS) is 21.9. The molecule has 0 spiro atoms. The fourth-order valence-corrected chi connectivity index (χ4v) is 3.93. The monoisotopic (exact) mass is 373 g/mol. The number of hydrogen-bond donors (Lipinski definition) is 2. The minimum absolute atomic E-state index is 0.0205. The number of carbonyl (C=O) groups excluding carboxylic acids is 2. The van der Waals surface area contributed by atoms with E-state index >= 15 is 0 Å². The van der Waals surface area contributed by atoms with E-state index in [9.17, 15) is 9.59 Å². The summed E-state index contributed by atoms with van der Waals surface area (Å²) in [6, 6.07) is 11.3. The van der Waals surface area contributed by atoms with E-state index in [4.69, 9.17) is 10.5 Å². The molecule has 2 aromatic rings. The zero-order chi connectivity index (χ0) is 18.7. The molecule has 1 aliphatic rings. The van der Waals surface area contributed by atoms with Gasteiger partial charge < -0.3 is 15.8 Å². The summed E-state index contributed by atoms with van der Waals surface area (Å²) in [4.78, 5) is 26.2. The highest BCUT2D eigenvalue weighted by atomic mass is 32.1. The predicted molar refractivity (Wildman–Crippen MR) is 102 cm³/mol. The Morgan fingerprint density at radius 1 is 1.27 bits per heavy atom. The first-order valence-electron chi connectivity index (χ1n) is 8.58. The summed E-state index contributed by atoms with van der Waals surface area (Å²) >= 11 is 1.29. The number of morpholine rings is 1. The summed E-state index contributed by atoms with van der Waals surface area (Å²) in [5, 5.41) is 5.07. The third-order valence-electron chi connectivity index (χ3n) is 4.55. The molecule has 138 valence electrons. The quantitative estimate of drug-likeness (QED) is 0.844. The first-order chi connectivity index (χ1) is 12.5. The third-order valence-corrected chi connectivity index (χ3v) is 5.38. The van der Waals surface area contributed by atoms with Crippen LogP contribution in [0.2, 0.25) is 0 Å². The van der Waals surface area contributed by atoms with E-state index in [0.29, 0.717) is 23.7 Å². The van der Waals surface area contributed by atoms with E-state index in [1.165, 1.54) is 11.3 Å². The van der Waals surface area contributed by atoms with Crippen LogP contribution < -0.4 is 11.1 Å². The van der Waals surface area contributed by atoms with Crippen molar-refractivity contribution < 1.29 is 14.3 Å². The molecular formula is C19H23N3O3S. The predicted octanol–water partition coefficient (Wildman–Crippen LogP) is 2.64. The summed E-state index contributed by atoms with van der Waals surface area (Å²) in [5.41, 5.74) is 6.79. The summed E-state index contributed by atoms with van der Waals surface area (Å²) in [6.45, 7) is 5.19. The lowest BCUT2D eigenvalue weighted by Crippen LogP contribution is -2.51. The molecule has 0 saturated carbocycles. The number of amides is 2. The number of nitrogens with one attached hydrogen (secondary N) is 1. The molecule has 1 aliphatic heterocycles. The lowest BCUT2D eigenvalue weighted by molar-refractivity contribution is -0.128. The average Bonchev–Trinajstić information content (AvgIpc) is 3.09. The Kier molecular flexibility index (Phi) is 5.70. The van der Waals surface area contributed by atoms with Crippen molar-refractivity contribution in [1.29, 1.82) is 0 Å². The van der Waals surface area contributed by atoms with Gasteiger partial charge in [-0.05, 0) is 30.9 Å². The van der Waals surface area contributed by atoms with Crippen molar-refractivity contribution in [3.63, 3.8) is 0 Å². The van der Waals surface area contributed by atoms with Crippen LogP contribution in [0.25, 0.3) is 0 Å². The Morgan fingerprint density at radius 3 is 2.69 bits per heavy atom. The molecule has 0 radical (unpaired) electrons. The van der Waals surface area contributed by atoms with E-state index in [2.05, 4.69) is 10.2 Å². The van der Waals surface area contributed by atoms with Crippen molar-refractivity contribution >= 4 is 28.2 Å². The van der Waals surface area contributed by atoms with Crippen LogP contribution in [0, 0.1) is 0 Å². The number of carbonyl (C=O) groups is 2.